The zero-order valence-corrected chi connectivity index (χ0v) is 17.0. The number of aromatic nitrogens is 1. The summed E-state index contributed by atoms with van der Waals surface area (Å²) in [5.41, 5.74) is 3.03. The van der Waals surface area contributed by atoms with Crippen molar-refractivity contribution in [3.05, 3.63) is 73.2 Å². The number of carbonyl (C=O) groups is 1. The fraction of sp³-hybridized carbons (Fsp3) is 0.158. The molecule has 0 unspecified atom stereocenters. The van der Waals surface area contributed by atoms with Crippen LogP contribution in [0.1, 0.15) is 21.6 Å². The van der Waals surface area contributed by atoms with E-state index in [1.165, 1.54) is 30.6 Å². The number of ether oxygens (including phenoxy) is 2. The van der Waals surface area contributed by atoms with Crippen LogP contribution in [0.15, 0.2) is 41.2 Å². The highest BCUT2D eigenvalue weighted by molar-refractivity contribution is 7.07. The third-order valence-electron chi connectivity index (χ3n) is 4.01. The molecule has 1 N–H and O–H groups in total. The number of nitrogens with one attached hydrogen (secondary N) is 1. The summed E-state index contributed by atoms with van der Waals surface area (Å²) in [5, 5.41) is 16.4. The SMILES string of the molecule is COc1cc(C(=O)Nc2ccc(C)c(Cl)c2)c([N+](=O)[O-])cc1OCc1cscn1. The van der Waals surface area contributed by atoms with Crippen molar-refractivity contribution in [2.24, 2.45) is 0 Å². The molecule has 0 atom stereocenters. The van der Waals surface area contributed by atoms with E-state index >= 15 is 0 Å². The molecular formula is C19H16ClN3O5S. The summed E-state index contributed by atoms with van der Waals surface area (Å²) in [7, 11) is 1.39. The molecular weight excluding hydrogens is 418 g/mol. The van der Waals surface area contributed by atoms with E-state index in [4.69, 9.17) is 21.1 Å². The van der Waals surface area contributed by atoms with E-state index in [0.717, 1.165) is 5.56 Å². The Morgan fingerprint density at radius 1 is 1.31 bits per heavy atom. The first-order chi connectivity index (χ1) is 13.9. The minimum atomic E-state index is -0.666. The van der Waals surface area contributed by atoms with E-state index in [9.17, 15) is 14.9 Å². The third-order valence-corrected chi connectivity index (χ3v) is 5.05. The molecule has 0 spiro atoms. The minimum Gasteiger partial charge on any atom is -0.493 e. The van der Waals surface area contributed by atoms with Gasteiger partial charge in [-0.15, -0.1) is 11.3 Å². The Balaban J connectivity index is 1.91. The van der Waals surface area contributed by atoms with Crippen molar-refractivity contribution in [1.29, 1.82) is 0 Å². The second-order valence-corrected chi connectivity index (χ2v) is 7.09. The molecule has 2 aromatic carbocycles. The molecule has 0 fully saturated rings. The second kappa shape index (κ2) is 8.89. The maximum Gasteiger partial charge on any atom is 0.286 e. The van der Waals surface area contributed by atoms with Crippen LogP contribution in [0.25, 0.3) is 0 Å². The van der Waals surface area contributed by atoms with Crippen molar-refractivity contribution in [2.45, 2.75) is 13.5 Å². The number of nitro benzene ring substituents is 1. The molecule has 10 heteroatoms. The summed E-state index contributed by atoms with van der Waals surface area (Å²) in [6, 6.07) is 7.42. The van der Waals surface area contributed by atoms with Gasteiger partial charge in [0, 0.05) is 22.2 Å². The predicted octanol–water partition coefficient (Wildman–Crippen LogP) is 4.85. The van der Waals surface area contributed by atoms with Crippen molar-refractivity contribution >= 4 is 40.2 Å². The number of aryl methyl sites for hydroxylation is 1. The maximum atomic E-state index is 12.7. The summed E-state index contributed by atoms with van der Waals surface area (Å²) >= 11 is 7.48. The number of nitrogens with zero attached hydrogens (tertiary/aromatic N) is 2. The van der Waals surface area contributed by atoms with Crippen LogP contribution in [0.3, 0.4) is 0 Å². The van der Waals surface area contributed by atoms with Gasteiger partial charge in [0.25, 0.3) is 11.6 Å². The van der Waals surface area contributed by atoms with E-state index in [2.05, 4.69) is 10.3 Å². The highest BCUT2D eigenvalue weighted by Crippen LogP contribution is 2.35. The number of halogens is 1. The molecule has 1 heterocycles. The van der Waals surface area contributed by atoms with E-state index in [-0.39, 0.29) is 23.7 Å². The average Bonchev–Trinajstić information content (AvgIpc) is 3.22. The first-order valence-electron chi connectivity index (χ1n) is 8.33. The lowest BCUT2D eigenvalue weighted by molar-refractivity contribution is -0.385. The topological polar surface area (TPSA) is 104 Å². The van der Waals surface area contributed by atoms with Crippen molar-refractivity contribution in [3.8, 4) is 11.5 Å². The Labute approximate surface area is 175 Å². The maximum absolute atomic E-state index is 12.7. The van der Waals surface area contributed by atoms with Crippen molar-refractivity contribution < 1.29 is 19.2 Å². The van der Waals surface area contributed by atoms with Gasteiger partial charge in [-0.25, -0.2) is 4.98 Å². The zero-order chi connectivity index (χ0) is 21.0. The summed E-state index contributed by atoms with van der Waals surface area (Å²) in [4.78, 5) is 27.7. The van der Waals surface area contributed by atoms with E-state index in [1.807, 2.05) is 6.92 Å². The molecule has 1 amide bonds. The molecule has 0 saturated heterocycles. The van der Waals surface area contributed by atoms with Crippen molar-refractivity contribution in [2.75, 3.05) is 12.4 Å². The number of hydrogen-bond donors (Lipinski definition) is 1. The zero-order valence-electron chi connectivity index (χ0n) is 15.5. The number of amides is 1. The van der Waals surface area contributed by atoms with Gasteiger partial charge in [0.05, 0.1) is 29.3 Å². The second-order valence-electron chi connectivity index (χ2n) is 5.96. The molecule has 29 heavy (non-hydrogen) atoms. The van der Waals surface area contributed by atoms with Gasteiger partial charge < -0.3 is 14.8 Å². The van der Waals surface area contributed by atoms with Gasteiger partial charge in [-0.3, -0.25) is 14.9 Å². The number of nitro groups is 1. The monoisotopic (exact) mass is 433 g/mol. The highest BCUT2D eigenvalue weighted by Gasteiger charge is 2.25. The van der Waals surface area contributed by atoms with Gasteiger partial charge in [0.15, 0.2) is 11.5 Å². The molecule has 0 saturated carbocycles. The quantitative estimate of drug-likeness (QED) is 0.421. The Morgan fingerprint density at radius 3 is 2.72 bits per heavy atom. The molecule has 0 radical (unpaired) electrons. The minimum absolute atomic E-state index is 0.115. The Kier molecular flexibility index (Phi) is 6.30. The van der Waals surface area contributed by atoms with E-state index in [0.29, 0.717) is 16.4 Å². The lowest BCUT2D eigenvalue weighted by Gasteiger charge is -2.13. The molecule has 3 aromatic rings. The molecule has 0 aliphatic rings. The van der Waals surface area contributed by atoms with Crippen molar-refractivity contribution in [3.63, 3.8) is 0 Å². The van der Waals surface area contributed by atoms with Crippen molar-refractivity contribution in [1.82, 2.24) is 4.98 Å². The summed E-state index contributed by atoms with van der Waals surface area (Å²) in [6.45, 7) is 1.94. The van der Waals surface area contributed by atoms with Gasteiger partial charge in [0.1, 0.15) is 12.2 Å². The number of benzene rings is 2. The number of carbonyl (C=O) groups excluding carboxylic acids is 1. The fourth-order valence-electron chi connectivity index (χ4n) is 2.48. The van der Waals surface area contributed by atoms with E-state index in [1.54, 1.807) is 29.1 Å². The molecule has 150 valence electrons. The Bertz CT molecular complexity index is 1060. The average molecular weight is 434 g/mol. The normalized spacial score (nSPS) is 10.4. The van der Waals surface area contributed by atoms with Crippen LogP contribution in [0, 0.1) is 17.0 Å². The molecule has 0 aliphatic heterocycles. The first kappa shape index (κ1) is 20.6. The van der Waals surface area contributed by atoms with Gasteiger partial charge in [0.2, 0.25) is 0 Å². The number of hydrogen-bond acceptors (Lipinski definition) is 7. The van der Waals surface area contributed by atoms with Crippen LogP contribution in [0.2, 0.25) is 5.02 Å². The van der Waals surface area contributed by atoms with Crippen LogP contribution in [-0.4, -0.2) is 22.9 Å². The Morgan fingerprint density at radius 2 is 2.10 bits per heavy atom. The number of thiazole rings is 1. The molecule has 0 bridgehead atoms. The Hall–Kier alpha value is -3.17. The standard InChI is InChI=1S/C19H16ClN3O5S/c1-11-3-4-12(5-15(11)20)22-19(24)14-6-17(27-2)18(7-16(14)23(25)26)28-8-13-9-29-10-21-13/h3-7,9-10H,8H2,1-2H3,(H,22,24). The largest absolute Gasteiger partial charge is 0.493 e. The van der Waals surface area contributed by atoms with E-state index < -0.39 is 16.5 Å². The summed E-state index contributed by atoms with van der Waals surface area (Å²) in [6.07, 6.45) is 0. The van der Waals surface area contributed by atoms with Crippen LogP contribution >= 0.6 is 22.9 Å². The summed E-state index contributed by atoms with van der Waals surface area (Å²) in [5.74, 6) is -0.332. The van der Waals surface area contributed by atoms with Gasteiger partial charge in [-0.1, -0.05) is 17.7 Å². The van der Waals surface area contributed by atoms with Gasteiger partial charge in [-0.05, 0) is 24.6 Å². The summed E-state index contributed by atoms with van der Waals surface area (Å²) < 4.78 is 10.9. The van der Waals surface area contributed by atoms with Crippen LogP contribution in [-0.2, 0) is 6.61 Å². The third kappa shape index (κ3) is 4.82. The highest BCUT2D eigenvalue weighted by atomic mass is 35.5. The number of methoxy groups -OCH3 is 1. The number of rotatable bonds is 7. The molecule has 1 aromatic heterocycles. The molecule has 8 nitrogen and oxygen atoms in total. The fourth-order valence-corrected chi connectivity index (χ4v) is 3.21. The van der Waals surface area contributed by atoms with Gasteiger partial charge >= 0.3 is 0 Å². The van der Waals surface area contributed by atoms with Crippen LogP contribution in [0.4, 0.5) is 11.4 Å². The first-order valence-corrected chi connectivity index (χ1v) is 9.65. The molecule has 0 aliphatic carbocycles. The smallest absolute Gasteiger partial charge is 0.286 e. The molecule has 3 rings (SSSR count). The predicted molar refractivity (Wildman–Crippen MR) is 110 cm³/mol. The lowest BCUT2D eigenvalue weighted by Crippen LogP contribution is -2.14. The van der Waals surface area contributed by atoms with Crippen LogP contribution in [0.5, 0.6) is 11.5 Å². The van der Waals surface area contributed by atoms with Gasteiger partial charge in [-0.2, -0.15) is 0 Å². The van der Waals surface area contributed by atoms with Crippen LogP contribution < -0.4 is 14.8 Å². The lowest BCUT2D eigenvalue weighted by atomic mass is 10.1. The number of anilines is 1.